The number of rotatable bonds is 5. The van der Waals surface area contributed by atoms with Gasteiger partial charge in [0.05, 0.1) is 5.39 Å². The van der Waals surface area contributed by atoms with Crippen molar-refractivity contribution in [2.24, 2.45) is 0 Å². The Morgan fingerprint density at radius 3 is 2.68 bits per heavy atom. The second-order valence-electron chi connectivity index (χ2n) is 5.32. The van der Waals surface area contributed by atoms with E-state index in [-0.39, 0.29) is 0 Å². The van der Waals surface area contributed by atoms with Crippen LogP contribution in [0.15, 0.2) is 29.6 Å². The topological polar surface area (TPSA) is 37.8 Å². The second kappa shape index (κ2) is 6.63. The van der Waals surface area contributed by atoms with Crippen LogP contribution in [0.4, 0.5) is 5.82 Å². The lowest BCUT2D eigenvalue weighted by atomic mass is 10.0. The maximum Gasteiger partial charge on any atom is 0.225 e. The second-order valence-corrected chi connectivity index (χ2v) is 6.51. The van der Waals surface area contributed by atoms with Crippen molar-refractivity contribution in [3.63, 3.8) is 0 Å². The normalized spacial score (nSPS) is 11.0. The van der Waals surface area contributed by atoms with Gasteiger partial charge in [0.15, 0.2) is 0 Å². The van der Waals surface area contributed by atoms with E-state index < -0.39 is 0 Å². The van der Waals surface area contributed by atoms with E-state index in [1.165, 1.54) is 11.1 Å². The van der Waals surface area contributed by atoms with Gasteiger partial charge in [-0.1, -0.05) is 43.2 Å². The standard InChI is InChI=1S/C17H18ClN3S/c1-3-4-9-19-15-14-13(12-7-5-11(2)6-8-12)10-22-16(14)21-17(18)20-15/h5-8,10H,3-4,9H2,1-2H3,(H,19,20,21). The molecule has 1 aromatic carbocycles. The average Bonchev–Trinajstić information content (AvgIpc) is 2.92. The Morgan fingerprint density at radius 2 is 1.95 bits per heavy atom. The van der Waals surface area contributed by atoms with Crippen molar-refractivity contribution >= 4 is 39.0 Å². The molecule has 114 valence electrons. The van der Waals surface area contributed by atoms with Crippen molar-refractivity contribution in [1.82, 2.24) is 9.97 Å². The summed E-state index contributed by atoms with van der Waals surface area (Å²) < 4.78 is 0. The van der Waals surface area contributed by atoms with Crippen LogP contribution in [0.2, 0.25) is 5.28 Å². The van der Waals surface area contributed by atoms with Gasteiger partial charge in [0, 0.05) is 17.5 Å². The summed E-state index contributed by atoms with van der Waals surface area (Å²) in [5, 5.41) is 6.90. The molecule has 3 nitrogen and oxygen atoms in total. The fourth-order valence-electron chi connectivity index (χ4n) is 2.37. The highest BCUT2D eigenvalue weighted by Crippen LogP contribution is 2.37. The largest absolute Gasteiger partial charge is 0.369 e. The number of halogens is 1. The minimum atomic E-state index is 0.295. The molecule has 2 heterocycles. The molecule has 22 heavy (non-hydrogen) atoms. The van der Waals surface area contributed by atoms with Crippen LogP contribution in [0.25, 0.3) is 21.3 Å². The summed E-state index contributed by atoms with van der Waals surface area (Å²) in [5.74, 6) is 0.834. The lowest BCUT2D eigenvalue weighted by Gasteiger charge is -2.08. The first-order valence-electron chi connectivity index (χ1n) is 7.44. The van der Waals surface area contributed by atoms with Gasteiger partial charge in [0.25, 0.3) is 0 Å². The van der Waals surface area contributed by atoms with Crippen LogP contribution in [0.3, 0.4) is 0 Å². The van der Waals surface area contributed by atoms with E-state index in [4.69, 9.17) is 11.6 Å². The maximum atomic E-state index is 6.06. The van der Waals surface area contributed by atoms with Gasteiger partial charge >= 0.3 is 0 Å². The summed E-state index contributed by atoms with van der Waals surface area (Å²) in [6, 6.07) is 8.53. The summed E-state index contributed by atoms with van der Waals surface area (Å²) in [6.45, 7) is 5.16. The predicted octanol–water partition coefficient (Wildman–Crippen LogP) is 5.53. The van der Waals surface area contributed by atoms with Crippen LogP contribution in [0.1, 0.15) is 25.3 Å². The Morgan fingerprint density at radius 1 is 1.18 bits per heavy atom. The van der Waals surface area contributed by atoms with Gasteiger partial charge in [-0.3, -0.25) is 0 Å². The Balaban J connectivity index is 2.09. The van der Waals surface area contributed by atoms with Gasteiger partial charge in [-0.05, 0) is 30.5 Å². The van der Waals surface area contributed by atoms with E-state index in [1.54, 1.807) is 11.3 Å². The van der Waals surface area contributed by atoms with E-state index in [0.29, 0.717) is 5.28 Å². The zero-order valence-corrected chi connectivity index (χ0v) is 14.3. The Bertz CT molecular complexity index is 780. The smallest absolute Gasteiger partial charge is 0.225 e. The number of hydrogen-bond acceptors (Lipinski definition) is 4. The Kier molecular flexibility index (Phi) is 4.60. The third-order valence-corrected chi connectivity index (χ3v) is 4.63. The van der Waals surface area contributed by atoms with Crippen LogP contribution >= 0.6 is 22.9 Å². The minimum Gasteiger partial charge on any atom is -0.369 e. The molecular weight excluding hydrogens is 314 g/mol. The zero-order chi connectivity index (χ0) is 15.5. The number of benzene rings is 1. The molecule has 0 saturated carbocycles. The highest BCUT2D eigenvalue weighted by molar-refractivity contribution is 7.17. The molecule has 0 bridgehead atoms. The van der Waals surface area contributed by atoms with Crippen molar-refractivity contribution < 1.29 is 0 Å². The first-order chi connectivity index (χ1) is 10.7. The summed E-state index contributed by atoms with van der Waals surface area (Å²) in [5.41, 5.74) is 3.60. The van der Waals surface area contributed by atoms with Gasteiger partial charge in [-0.25, -0.2) is 9.97 Å². The number of fused-ring (bicyclic) bond motifs is 1. The SMILES string of the molecule is CCCCNc1nc(Cl)nc2scc(-c3ccc(C)cc3)c12. The molecule has 0 unspecified atom stereocenters. The van der Waals surface area contributed by atoms with E-state index in [0.717, 1.165) is 41.0 Å². The van der Waals surface area contributed by atoms with E-state index >= 15 is 0 Å². The maximum absolute atomic E-state index is 6.06. The zero-order valence-electron chi connectivity index (χ0n) is 12.7. The molecule has 0 spiro atoms. The van der Waals surface area contributed by atoms with Crippen LogP contribution in [-0.4, -0.2) is 16.5 Å². The third kappa shape index (κ3) is 3.08. The molecule has 5 heteroatoms. The van der Waals surface area contributed by atoms with Gasteiger partial charge in [-0.2, -0.15) is 0 Å². The van der Waals surface area contributed by atoms with Crippen LogP contribution in [-0.2, 0) is 0 Å². The Hall–Kier alpha value is -1.65. The van der Waals surface area contributed by atoms with E-state index in [1.807, 2.05) is 0 Å². The highest BCUT2D eigenvalue weighted by Gasteiger charge is 2.14. The first-order valence-corrected chi connectivity index (χ1v) is 8.70. The predicted molar refractivity (Wildman–Crippen MR) is 96.0 cm³/mol. The van der Waals surface area contributed by atoms with Crippen molar-refractivity contribution in [1.29, 1.82) is 0 Å². The average molecular weight is 332 g/mol. The van der Waals surface area contributed by atoms with Crippen LogP contribution in [0, 0.1) is 6.92 Å². The van der Waals surface area contributed by atoms with Gasteiger partial charge in [-0.15, -0.1) is 11.3 Å². The fraction of sp³-hybridized carbons (Fsp3) is 0.294. The van der Waals surface area contributed by atoms with Gasteiger partial charge < -0.3 is 5.32 Å². The third-order valence-electron chi connectivity index (χ3n) is 3.59. The van der Waals surface area contributed by atoms with Crippen molar-refractivity contribution in [2.75, 3.05) is 11.9 Å². The van der Waals surface area contributed by atoms with Crippen LogP contribution < -0.4 is 5.32 Å². The lowest BCUT2D eigenvalue weighted by molar-refractivity contribution is 0.831. The van der Waals surface area contributed by atoms with Crippen molar-refractivity contribution in [3.8, 4) is 11.1 Å². The number of aromatic nitrogens is 2. The number of nitrogens with zero attached hydrogens (tertiary/aromatic N) is 2. The highest BCUT2D eigenvalue weighted by atomic mass is 35.5. The molecular formula is C17H18ClN3S. The van der Waals surface area contributed by atoms with E-state index in [9.17, 15) is 0 Å². The summed E-state index contributed by atoms with van der Waals surface area (Å²) in [6.07, 6.45) is 2.25. The summed E-state index contributed by atoms with van der Waals surface area (Å²) >= 11 is 7.66. The number of aryl methyl sites for hydroxylation is 1. The van der Waals surface area contributed by atoms with E-state index in [2.05, 4.69) is 58.8 Å². The fourth-order valence-corrected chi connectivity index (χ4v) is 3.54. The molecule has 0 aliphatic rings. The van der Waals surface area contributed by atoms with Crippen molar-refractivity contribution in [2.45, 2.75) is 26.7 Å². The number of hydrogen-bond donors (Lipinski definition) is 1. The number of anilines is 1. The molecule has 0 aliphatic heterocycles. The molecule has 0 fully saturated rings. The first kappa shape index (κ1) is 15.3. The molecule has 0 amide bonds. The molecule has 1 N–H and O–H groups in total. The lowest BCUT2D eigenvalue weighted by Crippen LogP contribution is -2.04. The molecule has 0 atom stereocenters. The molecule has 3 aromatic rings. The Labute approximate surface area is 139 Å². The quantitative estimate of drug-likeness (QED) is 0.493. The minimum absolute atomic E-state index is 0.295. The summed E-state index contributed by atoms with van der Waals surface area (Å²) in [4.78, 5) is 9.69. The monoisotopic (exact) mass is 331 g/mol. The summed E-state index contributed by atoms with van der Waals surface area (Å²) in [7, 11) is 0. The van der Waals surface area contributed by atoms with Gasteiger partial charge in [0.1, 0.15) is 10.6 Å². The number of nitrogens with one attached hydrogen (secondary N) is 1. The molecule has 0 aliphatic carbocycles. The molecule has 2 aromatic heterocycles. The molecule has 3 rings (SSSR count). The van der Waals surface area contributed by atoms with Crippen molar-refractivity contribution in [3.05, 3.63) is 40.5 Å². The van der Waals surface area contributed by atoms with Crippen LogP contribution in [0.5, 0.6) is 0 Å². The number of unbranched alkanes of at least 4 members (excludes halogenated alkanes) is 1. The van der Waals surface area contributed by atoms with Gasteiger partial charge in [0.2, 0.25) is 5.28 Å². The number of thiophene rings is 1. The molecule has 0 radical (unpaired) electrons. The molecule has 0 saturated heterocycles.